The number of rotatable bonds is 4. The molecule has 0 saturated carbocycles. The third-order valence-electron chi connectivity index (χ3n) is 5.44. The summed E-state index contributed by atoms with van der Waals surface area (Å²) in [5.41, 5.74) is 0.743. The fourth-order valence-electron chi connectivity index (χ4n) is 3.68. The minimum Gasteiger partial charge on any atom is -0.485 e. The summed E-state index contributed by atoms with van der Waals surface area (Å²) in [6.45, 7) is 3.45. The molecule has 31 heavy (non-hydrogen) atoms. The molecule has 1 aliphatic rings. The van der Waals surface area contributed by atoms with E-state index in [0.717, 1.165) is 0 Å². The van der Waals surface area contributed by atoms with E-state index in [0.29, 0.717) is 22.4 Å². The van der Waals surface area contributed by atoms with Crippen molar-refractivity contribution in [2.24, 2.45) is 0 Å². The number of hydrogen-bond acceptors (Lipinski definition) is 4. The number of carbonyl (C=O) groups excluding carboxylic acids is 2. The van der Waals surface area contributed by atoms with Crippen LogP contribution in [0.1, 0.15) is 51.7 Å². The molecular weight excluding hydrogens is 397 g/mol. The van der Waals surface area contributed by atoms with Gasteiger partial charge >= 0.3 is 0 Å². The Balaban J connectivity index is 1.71. The maximum absolute atomic E-state index is 13.2. The quantitative estimate of drug-likeness (QED) is 0.626. The topological polar surface area (TPSA) is 75.6 Å². The van der Waals surface area contributed by atoms with Gasteiger partial charge < -0.3 is 15.2 Å². The highest BCUT2D eigenvalue weighted by Gasteiger charge is 2.44. The second-order valence-corrected chi connectivity index (χ2v) is 8.06. The number of benzene rings is 3. The van der Waals surface area contributed by atoms with Gasteiger partial charge in [0.05, 0.1) is 6.04 Å². The first kappa shape index (κ1) is 20.8. The van der Waals surface area contributed by atoms with Crippen LogP contribution >= 0.6 is 0 Å². The number of aliphatic hydroxyl groups excluding tert-OH is 1. The first-order chi connectivity index (χ1) is 14.8. The first-order valence-electron chi connectivity index (χ1n) is 9.93. The Kier molecular flexibility index (Phi) is 5.33. The lowest BCUT2D eigenvalue weighted by Crippen LogP contribution is -2.53. The van der Waals surface area contributed by atoms with Gasteiger partial charge in [0.15, 0.2) is 5.78 Å². The van der Waals surface area contributed by atoms with Crippen molar-refractivity contribution in [1.82, 2.24) is 5.32 Å². The van der Waals surface area contributed by atoms with Gasteiger partial charge in [0.2, 0.25) is 0 Å². The minimum atomic E-state index is -1.08. The maximum Gasteiger partial charge on any atom is 0.251 e. The summed E-state index contributed by atoms with van der Waals surface area (Å²) in [5, 5.41) is 13.8. The lowest BCUT2D eigenvalue weighted by atomic mass is 9.85. The van der Waals surface area contributed by atoms with Crippen LogP contribution < -0.4 is 10.1 Å². The van der Waals surface area contributed by atoms with Crippen molar-refractivity contribution < 1.29 is 23.8 Å². The fourth-order valence-corrected chi connectivity index (χ4v) is 3.68. The number of fused-ring (bicyclic) bond motifs is 1. The summed E-state index contributed by atoms with van der Waals surface area (Å²) in [6, 6.07) is 18.2. The van der Waals surface area contributed by atoms with E-state index in [1.54, 1.807) is 56.3 Å². The van der Waals surface area contributed by atoms with Crippen molar-refractivity contribution in [2.75, 3.05) is 0 Å². The fraction of sp³-hybridized carbons (Fsp3) is 0.200. The number of carbonyl (C=O) groups is 2. The van der Waals surface area contributed by atoms with Crippen molar-refractivity contribution in [1.29, 1.82) is 0 Å². The molecule has 0 aliphatic carbocycles. The van der Waals surface area contributed by atoms with E-state index in [1.165, 1.54) is 24.3 Å². The maximum atomic E-state index is 13.2. The Hall–Kier alpha value is -3.51. The average Bonchev–Trinajstić information content (AvgIpc) is 2.77. The second-order valence-electron chi connectivity index (χ2n) is 8.06. The highest BCUT2D eigenvalue weighted by atomic mass is 19.1. The van der Waals surface area contributed by atoms with Crippen molar-refractivity contribution in [2.45, 2.75) is 31.6 Å². The van der Waals surface area contributed by atoms with Crippen molar-refractivity contribution >= 4 is 11.7 Å². The Bertz CT molecular complexity index is 1130. The van der Waals surface area contributed by atoms with Crippen LogP contribution in [0.4, 0.5) is 4.39 Å². The molecule has 0 fully saturated rings. The zero-order valence-electron chi connectivity index (χ0n) is 17.1. The summed E-state index contributed by atoms with van der Waals surface area (Å²) in [4.78, 5) is 25.7. The Morgan fingerprint density at radius 3 is 2.26 bits per heavy atom. The van der Waals surface area contributed by atoms with Crippen molar-refractivity contribution in [3.8, 4) is 5.75 Å². The van der Waals surface area contributed by atoms with Gasteiger partial charge in [0.1, 0.15) is 23.3 Å². The largest absolute Gasteiger partial charge is 0.485 e. The lowest BCUT2D eigenvalue weighted by Gasteiger charge is -2.42. The van der Waals surface area contributed by atoms with Crippen LogP contribution in [0, 0.1) is 5.82 Å². The molecule has 0 radical (unpaired) electrons. The van der Waals surface area contributed by atoms with E-state index in [-0.39, 0.29) is 11.3 Å². The third-order valence-corrected chi connectivity index (χ3v) is 5.44. The first-order valence-corrected chi connectivity index (χ1v) is 9.93. The lowest BCUT2D eigenvalue weighted by molar-refractivity contribution is -0.0627. The van der Waals surface area contributed by atoms with Gasteiger partial charge in [0.25, 0.3) is 5.91 Å². The van der Waals surface area contributed by atoms with Crippen LogP contribution in [0.2, 0.25) is 0 Å². The summed E-state index contributed by atoms with van der Waals surface area (Å²) >= 11 is 0. The van der Waals surface area contributed by atoms with Gasteiger partial charge in [-0.05, 0) is 56.3 Å². The Labute approximate surface area is 179 Å². The molecule has 0 bridgehead atoms. The zero-order chi connectivity index (χ0) is 22.2. The molecule has 2 atom stereocenters. The standard InChI is InChI=1S/C25H22FNO4/c1-25(2)23(29)21(27-24(30)16-8-11-18(26)12-9-16)19-14-17(10-13-20(19)31-25)22(28)15-6-4-3-5-7-15/h3-14,21,23,29H,1-2H3,(H,27,30)/t21-,23+/m0/s1. The molecule has 0 unspecified atom stereocenters. The number of ether oxygens (including phenoxy) is 1. The van der Waals surface area contributed by atoms with Gasteiger partial charge in [-0.2, -0.15) is 0 Å². The van der Waals surface area contributed by atoms with Gasteiger partial charge in [-0.3, -0.25) is 9.59 Å². The van der Waals surface area contributed by atoms with Crippen molar-refractivity contribution in [3.63, 3.8) is 0 Å². The molecule has 0 aromatic heterocycles. The van der Waals surface area contributed by atoms with E-state index < -0.39 is 29.5 Å². The molecule has 4 rings (SSSR count). The third kappa shape index (κ3) is 4.07. The number of nitrogens with one attached hydrogen (secondary N) is 1. The monoisotopic (exact) mass is 419 g/mol. The number of hydrogen-bond donors (Lipinski definition) is 2. The summed E-state index contributed by atoms with van der Waals surface area (Å²) in [6.07, 6.45) is -1.08. The van der Waals surface area contributed by atoms with Crippen LogP contribution in [-0.2, 0) is 0 Å². The predicted octanol–water partition coefficient (Wildman–Crippen LogP) is 4.06. The smallest absolute Gasteiger partial charge is 0.251 e. The molecule has 2 N–H and O–H groups in total. The molecule has 0 spiro atoms. The number of amides is 1. The number of aliphatic hydroxyl groups is 1. The van der Waals surface area contributed by atoms with Gasteiger partial charge in [0, 0.05) is 22.3 Å². The molecule has 5 nitrogen and oxygen atoms in total. The summed E-state index contributed by atoms with van der Waals surface area (Å²) in [5.74, 6) is -0.610. The average molecular weight is 419 g/mol. The normalized spacial score (nSPS) is 19.1. The molecule has 1 aliphatic heterocycles. The highest BCUT2D eigenvalue weighted by Crippen LogP contribution is 2.40. The predicted molar refractivity (Wildman–Crippen MR) is 114 cm³/mol. The van der Waals surface area contributed by atoms with Crippen molar-refractivity contribution in [3.05, 3.63) is 101 Å². The zero-order valence-corrected chi connectivity index (χ0v) is 17.1. The van der Waals surface area contributed by atoms with Gasteiger partial charge in [-0.25, -0.2) is 4.39 Å². The Morgan fingerprint density at radius 1 is 0.935 bits per heavy atom. The molecular formula is C25H22FNO4. The number of ketones is 1. The SMILES string of the molecule is CC1(C)Oc2ccc(C(=O)c3ccccc3)cc2[C@H](NC(=O)c2ccc(F)cc2)[C@H]1O. The Morgan fingerprint density at radius 2 is 1.58 bits per heavy atom. The van der Waals surface area contributed by atoms with Crippen LogP contribution in [0.15, 0.2) is 72.8 Å². The minimum absolute atomic E-state index is 0.175. The van der Waals surface area contributed by atoms with E-state index in [1.807, 2.05) is 6.07 Å². The molecule has 158 valence electrons. The van der Waals surface area contributed by atoms with E-state index >= 15 is 0 Å². The second kappa shape index (κ2) is 7.96. The summed E-state index contributed by atoms with van der Waals surface area (Å²) in [7, 11) is 0. The molecule has 0 saturated heterocycles. The molecule has 1 heterocycles. The molecule has 3 aromatic carbocycles. The highest BCUT2D eigenvalue weighted by molar-refractivity contribution is 6.09. The van der Waals surface area contributed by atoms with E-state index in [4.69, 9.17) is 4.74 Å². The molecule has 6 heteroatoms. The molecule has 1 amide bonds. The van der Waals surface area contributed by atoms with Crippen LogP contribution in [0.5, 0.6) is 5.75 Å². The molecule has 3 aromatic rings. The van der Waals surface area contributed by atoms with Gasteiger partial charge in [-0.1, -0.05) is 30.3 Å². The van der Waals surface area contributed by atoms with E-state index in [2.05, 4.69) is 5.32 Å². The number of halogens is 1. The van der Waals surface area contributed by atoms with Crippen LogP contribution in [-0.4, -0.2) is 28.5 Å². The summed E-state index contributed by atoms with van der Waals surface area (Å²) < 4.78 is 19.2. The van der Waals surface area contributed by atoms with Crippen LogP contribution in [0.3, 0.4) is 0 Å². The van der Waals surface area contributed by atoms with Gasteiger partial charge in [-0.15, -0.1) is 0 Å². The van der Waals surface area contributed by atoms with E-state index in [9.17, 15) is 19.1 Å². The van der Waals surface area contributed by atoms with Crippen LogP contribution in [0.25, 0.3) is 0 Å².